The topological polar surface area (TPSA) is 32.3 Å². The molecule has 0 fully saturated rings. The Labute approximate surface area is 115 Å². The van der Waals surface area contributed by atoms with Gasteiger partial charge in [0, 0.05) is 15.8 Å². The van der Waals surface area contributed by atoms with Crippen LogP contribution in [0.15, 0.2) is 42.5 Å². The van der Waals surface area contributed by atoms with Crippen molar-refractivity contribution in [1.82, 2.24) is 0 Å². The zero-order valence-electron chi connectivity index (χ0n) is 9.57. The number of nitrogens with one attached hydrogen (secondary N) is 1. The van der Waals surface area contributed by atoms with E-state index in [0.717, 1.165) is 17.8 Å². The first-order chi connectivity index (χ1) is 8.15. The van der Waals surface area contributed by atoms with Crippen molar-refractivity contribution in [2.24, 2.45) is 0 Å². The van der Waals surface area contributed by atoms with Gasteiger partial charge in [0.2, 0.25) is 0 Å². The van der Waals surface area contributed by atoms with E-state index >= 15 is 0 Å². The second kappa shape index (κ2) is 5.40. The third-order valence-electron chi connectivity index (χ3n) is 2.61. The van der Waals surface area contributed by atoms with Crippen LogP contribution in [0.2, 0.25) is 0 Å². The van der Waals surface area contributed by atoms with E-state index in [0.29, 0.717) is 5.75 Å². The van der Waals surface area contributed by atoms with Gasteiger partial charge in [-0.05, 0) is 71.0 Å². The van der Waals surface area contributed by atoms with Crippen LogP contribution < -0.4 is 5.32 Å². The normalized spacial score (nSPS) is 10.2. The zero-order chi connectivity index (χ0) is 12.3. The van der Waals surface area contributed by atoms with Gasteiger partial charge in [0.25, 0.3) is 0 Å². The maximum atomic E-state index is 9.20. The Kier molecular flexibility index (Phi) is 3.89. The summed E-state index contributed by atoms with van der Waals surface area (Å²) < 4.78 is 1.25. The third kappa shape index (κ3) is 3.36. The van der Waals surface area contributed by atoms with Gasteiger partial charge in [0.05, 0.1) is 0 Å². The predicted molar refractivity (Wildman–Crippen MR) is 79.3 cm³/mol. The Morgan fingerprint density at radius 1 is 1.12 bits per heavy atom. The molecule has 0 saturated heterocycles. The van der Waals surface area contributed by atoms with Crippen molar-refractivity contribution in [3.63, 3.8) is 0 Å². The van der Waals surface area contributed by atoms with E-state index in [9.17, 15) is 5.11 Å². The van der Waals surface area contributed by atoms with Crippen molar-refractivity contribution in [2.75, 3.05) is 5.32 Å². The van der Waals surface area contributed by atoms with E-state index in [1.54, 1.807) is 12.1 Å². The highest BCUT2D eigenvalue weighted by Gasteiger charge is 1.99. The molecule has 0 bridgehead atoms. The fourth-order valence-corrected chi connectivity index (χ4v) is 2.28. The minimum Gasteiger partial charge on any atom is -0.508 e. The van der Waals surface area contributed by atoms with E-state index < -0.39 is 0 Å². The van der Waals surface area contributed by atoms with Crippen LogP contribution >= 0.6 is 22.6 Å². The van der Waals surface area contributed by atoms with Crippen molar-refractivity contribution in [2.45, 2.75) is 13.5 Å². The molecule has 0 unspecified atom stereocenters. The van der Waals surface area contributed by atoms with E-state index in [4.69, 9.17) is 0 Å². The second-order valence-corrected chi connectivity index (χ2v) is 5.22. The number of aromatic hydroxyl groups is 1. The van der Waals surface area contributed by atoms with E-state index in [2.05, 4.69) is 53.0 Å². The molecular formula is C14H14INO. The highest BCUT2D eigenvalue weighted by atomic mass is 127. The van der Waals surface area contributed by atoms with Gasteiger partial charge < -0.3 is 10.4 Å². The molecule has 0 saturated carbocycles. The number of anilines is 1. The number of phenols is 1. The van der Waals surface area contributed by atoms with Crippen molar-refractivity contribution in [1.29, 1.82) is 0 Å². The van der Waals surface area contributed by atoms with E-state index in [1.165, 1.54) is 9.13 Å². The van der Waals surface area contributed by atoms with Gasteiger partial charge in [-0.1, -0.05) is 12.1 Å². The molecule has 0 spiro atoms. The maximum absolute atomic E-state index is 9.20. The summed E-state index contributed by atoms with van der Waals surface area (Å²) in [7, 11) is 0. The fraction of sp³-hybridized carbons (Fsp3) is 0.143. The summed E-state index contributed by atoms with van der Waals surface area (Å²) >= 11 is 2.31. The zero-order valence-corrected chi connectivity index (χ0v) is 11.7. The van der Waals surface area contributed by atoms with Crippen LogP contribution in [0.25, 0.3) is 0 Å². The Morgan fingerprint density at radius 3 is 2.47 bits per heavy atom. The van der Waals surface area contributed by atoms with Crippen LogP contribution in [-0.2, 0) is 6.54 Å². The Morgan fingerprint density at radius 2 is 1.82 bits per heavy atom. The van der Waals surface area contributed by atoms with Crippen LogP contribution in [0.1, 0.15) is 11.1 Å². The lowest BCUT2D eigenvalue weighted by Gasteiger charge is -2.10. The second-order valence-electron chi connectivity index (χ2n) is 3.98. The summed E-state index contributed by atoms with van der Waals surface area (Å²) in [6.07, 6.45) is 0. The molecule has 0 aromatic heterocycles. The molecule has 0 aliphatic heterocycles. The standard InChI is InChI=1S/C14H14INO/c1-10-8-12(15)4-7-14(10)16-9-11-2-5-13(17)6-3-11/h2-8,16-17H,9H2,1H3. The van der Waals surface area contributed by atoms with E-state index in [1.807, 2.05) is 12.1 Å². The molecule has 0 amide bonds. The lowest BCUT2D eigenvalue weighted by Crippen LogP contribution is -2.00. The molecule has 0 radical (unpaired) electrons. The minimum absolute atomic E-state index is 0.305. The molecule has 2 nitrogen and oxygen atoms in total. The summed E-state index contributed by atoms with van der Waals surface area (Å²) in [5.41, 5.74) is 3.55. The van der Waals surface area contributed by atoms with Gasteiger partial charge in [-0.2, -0.15) is 0 Å². The van der Waals surface area contributed by atoms with Crippen molar-refractivity contribution in [3.05, 3.63) is 57.2 Å². The Hall–Kier alpha value is -1.23. The smallest absolute Gasteiger partial charge is 0.115 e. The molecule has 0 aliphatic carbocycles. The molecule has 0 atom stereocenters. The molecule has 88 valence electrons. The monoisotopic (exact) mass is 339 g/mol. The first kappa shape index (κ1) is 12.2. The molecule has 2 N–H and O–H groups in total. The van der Waals surface area contributed by atoms with Gasteiger partial charge in [0.1, 0.15) is 5.75 Å². The molecule has 2 rings (SSSR count). The van der Waals surface area contributed by atoms with Crippen LogP contribution in [0.4, 0.5) is 5.69 Å². The van der Waals surface area contributed by atoms with Crippen molar-refractivity contribution in [3.8, 4) is 5.75 Å². The first-order valence-electron chi connectivity index (χ1n) is 5.43. The number of benzene rings is 2. The summed E-state index contributed by atoms with van der Waals surface area (Å²) in [5.74, 6) is 0.305. The summed E-state index contributed by atoms with van der Waals surface area (Å²) in [6, 6.07) is 13.6. The lowest BCUT2D eigenvalue weighted by molar-refractivity contribution is 0.475. The summed E-state index contributed by atoms with van der Waals surface area (Å²) in [6.45, 7) is 2.86. The van der Waals surface area contributed by atoms with Crippen LogP contribution in [-0.4, -0.2) is 5.11 Å². The Bertz CT molecular complexity index is 508. The average molecular weight is 339 g/mol. The van der Waals surface area contributed by atoms with Crippen LogP contribution in [0.3, 0.4) is 0 Å². The average Bonchev–Trinajstić information content (AvgIpc) is 2.30. The number of hydrogen-bond donors (Lipinski definition) is 2. The van der Waals surface area contributed by atoms with Gasteiger partial charge in [0.15, 0.2) is 0 Å². The number of phenolic OH excluding ortho intramolecular Hbond substituents is 1. The quantitative estimate of drug-likeness (QED) is 0.831. The summed E-state index contributed by atoms with van der Waals surface area (Å²) in [4.78, 5) is 0. The number of hydrogen-bond acceptors (Lipinski definition) is 2. The summed E-state index contributed by atoms with van der Waals surface area (Å²) in [5, 5.41) is 12.6. The van der Waals surface area contributed by atoms with Gasteiger partial charge in [-0.25, -0.2) is 0 Å². The van der Waals surface area contributed by atoms with Gasteiger partial charge >= 0.3 is 0 Å². The minimum atomic E-state index is 0.305. The molecule has 3 heteroatoms. The first-order valence-corrected chi connectivity index (χ1v) is 6.51. The highest BCUT2D eigenvalue weighted by Crippen LogP contribution is 2.19. The molecular weight excluding hydrogens is 325 g/mol. The molecule has 2 aromatic carbocycles. The molecule has 0 aliphatic rings. The third-order valence-corrected chi connectivity index (χ3v) is 3.28. The number of aryl methyl sites for hydroxylation is 1. The molecule has 0 heterocycles. The largest absolute Gasteiger partial charge is 0.508 e. The van der Waals surface area contributed by atoms with Crippen molar-refractivity contribution >= 4 is 28.3 Å². The molecule has 17 heavy (non-hydrogen) atoms. The maximum Gasteiger partial charge on any atom is 0.115 e. The SMILES string of the molecule is Cc1cc(I)ccc1NCc1ccc(O)cc1. The molecule has 2 aromatic rings. The van der Waals surface area contributed by atoms with Crippen LogP contribution in [0.5, 0.6) is 5.75 Å². The van der Waals surface area contributed by atoms with E-state index in [-0.39, 0.29) is 0 Å². The fourth-order valence-electron chi connectivity index (χ4n) is 1.64. The van der Waals surface area contributed by atoms with Gasteiger partial charge in [-0.3, -0.25) is 0 Å². The van der Waals surface area contributed by atoms with Crippen molar-refractivity contribution < 1.29 is 5.11 Å². The lowest BCUT2D eigenvalue weighted by atomic mass is 10.2. The number of rotatable bonds is 3. The Balaban J connectivity index is 2.04. The number of halogens is 1. The highest BCUT2D eigenvalue weighted by molar-refractivity contribution is 14.1. The van der Waals surface area contributed by atoms with Crippen LogP contribution in [0, 0.1) is 10.5 Å². The predicted octanol–water partition coefficient (Wildman–Crippen LogP) is 3.92. The van der Waals surface area contributed by atoms with Gasteiger partial charge in [-0.15, -0.1) is 0 Å².